The number of amides is 1. The summed E-state index contributed by atoms with van der Waals surface area (Å²) in [6, 6.07) is 3.56. The molecule has 0 aliphatic heterocycles. The fourth-order valence-electron chi connectivity index (χ4n) is 1.26. The smallest absolute Gasteiger partial charge is 0.271 e. The summed E-state index contributed by atoms with van der Waals surface area (Å²) in [6.45, 7) is 5.50. The SMILES string of the molecule is CC(C)c1ccc(C(=O)NCCN(C)C)nn1. The van der Waals surface area contributed by atoms with E-state index in [4.69, 9.17) is 0 Å². The highest BCUT2D eigenvalue weighted by Crippen LogP contribution is 2.09. The summed E-state index contributed by atoms with van der Waals surface area (Å²) in [7, 11) is 3.92. The Morgan fingerprint density at radius 2 is 2.06 bits per heavy atom. The highest BCUT2D eigenvalue weighted by molar-refractivity contribution is 5.91. The topological polar surface area (TPSA) is 58.1 Å². The summed E-state index contributed by atoms with van der Waals surface area (Å²) in [5.41, 5.74) is 1.27. The van der Waals surface area contributed by atoms with Crippen LogP contribution in [0.2, 0.25) is 0 Å². The van der Waals surface area contributed by atoms with E-state index in [1.807, 2.05) is 38.9 Å². The molecule has 0 fully saturated rings. The third-order valence-electron chi connectivity index (χ3n) is 2.35. The molecule has 0 spiro atoms. The maximum atomic E-state index is 11.7. The van der Waals surface area contributed by atoms with Crippen molar-refractivity contribution in [2.75, 3.05) is 27.2 Å². The minimum atomic E-state index is -0.172. The molecule has 1 heterocycles. The number of nitrogens with one attached hydrogen (secondary N) is 1. The quantitative estimate of drug-likeness (QED) is 0.825. The van der Waals surface area contributed by atoms with Gasteiger partial charge in [0, 0.05) is 13.1 Å². The van der Waals surface area contributed by atoms with Gasteiger partial charge in [-0.3, -0.25) is 4.79 Å². The normalized spacial score (nSPS) is 10.9. The van der Waals surface area contributed by atoms with E-state index in [9.17, 15) is 4.79 Å². The standard InChI is InChI=1S/C12H20N4O/c1-9(2)10-5-6-11(15-14-10)12(17)13-7-8-16(3)4/h5-6,9H,7-8H2,1-4H3,(H,13,17). The van der Waals surface area contributed by atoms with Gasteiger partial charge in [-0.25, -0.2) is 0 Å². The van der Waals surface area contributed by atoms with E-state index >= 15 is 0 Å². The first-order chi connectivity index (χ1) is 8.00. The third-order valence-corrected chi connectivity index (χ3v) is 2.35. The molecule has 0 aliphatic rings. The van der Waals surface area contributed by atoms with Crippen LogP contribution in [0.15, 0.2) is 12.1 Å². The zero-order valence-corrected chi connectivity index (χ0v) is 10.9. The number of likely N-dealkylation sites (N-methyl/N-ethyl adjacent to an activating group) is 1. The first-order valence-electron chi connectivity index (χ1n) is 5.77. The van der Waals surface area contributed by atoms with E-state index in [0.29, 0.717) is 18.2 Å². The van der Waals surface area contributed by atoms with Gasteiger partial charge in [0.25, 0.3) is 5.91 Å². The molecule has 1 aromatic rings. The lowest BCUT2D eigenvalue weighted by Crippen LogP contribution is -2.32. The van der Waals surface area contributed by atoms with Gasteiger partial charge in [0.1, 0.15) is 0 Å². The molecule has 17 heavy (non-hydrogen) atoms. The van der Waals surface area contributed by atoms with Crippen molar-refractivity contribution in [2.24, 2.45) is 0 Å². The minimum absolute atomic E-state index is 0.172. The second-order valence-electron chi connectivity index (χ2n) is 4.56. The zero-order valence-electron chi connectivity index (χ0n) is 10.9. The maximum absolute atomic E-state index is 11.7. The van der Waals surface area contributed by atoms with E-state index < -0.39 is 0 Å². The van der Waals surface area contributed by atoms with Crippen LogP contribution in [-0.4, -0.2) is 48.2 Å². The van der Waals surface area contributed by atoms with E-state index in [1.54, 1.807) is 6.07 Å². The van der Waals surface area contributed by atoms with Gasteiger partial charge in [0.05, 0.1) is 5.69 Å². The van der Waals surface area contributed by atoms with Gasteiger partial charge in [0.15, 0.2) is 5.69 Å². The highest BCUT2D eigenvalue weighted by Gasteiger charge is 2.08. The molecular weight excluding hydrogens is 216 g/mol. The summed E-state index contributed by atoms with van der Waals surface area (Å²) in [5.74, 6) is 0.156. The largest absolute Gasteiger partial charge is 0.349 e. The lowest BCUT2D eigenvalue weighted by Gasteiger charge is -2.10. The average Bonchev–Trinajstić information content (AvgIpc) is 2.28. The highest BCUT2D eigenvalue weighted by atomic mass is 16.1. The predicted octanol–water partition coefficient (Wildman–Crippen LogP) is 0.891. The van der Waals surface area contributed by atoms with Crippen molar-refractivity contribution in [3.63, 3.8) is 0 Å². The van der Waals surface area contributed by atoms with Crippen molar-refractivity contribution < 1.29 is 4.79 Å². The molecule has 0 saturated carbocycles. The van der Waals surface area contributed by atoms with E-state index in [1.165, 1.54) is 0 Å². The molecule has 0 radical (unpaired) electrons. The van der Waals surface area contributed by atoms with Crippen molar-refractivity contribution >= 4 is 5.91 Å². The Morgan fingerprint density at radius 3 is 2.53 bits per heavy atom. The Kier molecular flexibility index (Phi) is 5.03. The van der Waals surface area contributed by atoms with Crippen molar-refractivity contribution in [2.45, 2.75) is 19.8 Å². The van der Waals surface area contributed by atoms with E-state index in [0.717, 1.165) is 12.2 Å². The summed E-state index contributed by atoms with van der Waals surface area (Å²) in [5, 5.41) is 10.7. The van der Waals surface area contributed by atoms with Crippen molar-refractivity contribution in [1.82, 2.24) is 20.4 Å². The third kappa shape index (κ3) is 4.48. The van der Waals surface area contributed by atoms with Gasteiger partial charge in [-0.15, -0.1) is 5.10 Å². The number of hydrogen-bond donors (Lipinski definition) is 1. The Hall–Kier alpha value is -1.49. The molecule has 0 aliphatic carbocycles. The van der Waals surface area contributed by atoms with Crippen LogP contribution >= 0.6 is 0 Å². The monoisotopic (exact) mass is 236 g/mol. The first-order valence-corrected chi connectivity index (χ1v) is 5.77. The van der Waals surface area contributed by atoms with Crippen molar-refractivity contribution in [1.29, 1.82) is 0 Å². The van der Waals surface area contributed by atoms with Crippen LogP contribution in [0.3, 0.4) is 0 Å². The van der Waals surface area contributed by atoms with Crippen LogP contribution in [-0.2, 0) is 0 Å². The van der Waals surface area contributed by atoms with Gasteiger partial charge in [-0.1, -0.05) is 13.8 Å². The lowest BCUT2D eigenvalue weighted by atomic mass is 10.1. The van der Waals surface area contributed by atoms with Gasteiger partial charge in [0.2, 0.25) is 0 Å². The van der Waals surface area contributed by atoms with Crippen LogP contribution in [0.5, 0.6) is 0 Å². The van der Waals surface area contributed by atoms with Crippen LogP contribution in [0.4, 0.5) is 0 Å². The Morgan fingerprint density at radius 1 is 1.35 bits per heavy atom. The summed E-state index contributed by atoms with van der Waals surface area (Å²) < 4.78 is 0. The van der Waals surface area contributed by atoms with Gasteiger partial charge in [-0.05, 0) is 32.1 Å². The van der Waals surface area contributed by atoms with Crippen LogP contribution in [0, 0.1) is 0 Å². The number of hydrogen-bond acceptors (Lipinski definition) is 4. The molecule has 5 heteroatoms. The van der Waals surface area contributed by atoms with Gasteiger partial charge >= 0.3 is 0 Å². The predicted molar refractivity (Wildman–Crippen MR) is 67.0 cm³/mol. The number of carbonyl (C=O) groups excluding carboxylic acids is 1. The first kappa shape index (κ1) is 13.6. The summed E-state index contributed by atoms with van der Waals surface area (Å²) in [6.07, 6.45) is 0. The van der Waals surface area contributed by atoms with Crippen molar-refractivity contribution in [3.05, 3.63) is 23.5 Å². The Bertz CT molecular complexity index is 359. The zero-order chi connectivity index (χ0) is 12.8. The Balaban J connectivity index is 2.52. The second-order valence-corrected chi connectivity index (χ2v) is 4.56. The number of rotatable bonds is 5. The average molecular weight is 236 g/mol. The fraction of sp³-hybridized carbons (Fsp3) is 0.583. The van der Waals surface area contributed by atoms with Gasteiger partial charge in [-0.2, -0.15) is 5.10 Å². The molecule has 94 valence electrons. The summed E-state index contributed by atoms with van der Waals surface area (Å²) >= 11 is 0. The van der Waals surface area contributed by atoms with Crippen LogP contribution in [0.25, 0.3) is 0 Å². The molecule has 0 aromatic carbocycles. The van der Waals surface area contributed by atoms with Crippen LogP contribution in [0.1, 0.15) is 35.9 Å². The second kappa shape index (κ2) is 6.30. The van der Waals surface area contributed by atoms with E-state index in [2.05, 4.69) is 15.5 Å². The van der Waals surface area contributed by atoms with E-state index in [-0.39, 0.29) is 5.91 Å². The minimum Gasteiger partial charge on any atom is -0.349 e. The number of carbonyl (C=O) groups is 1. The molecular formula is C12H20N4O. The lowest BCUT2D eigenvalue weighted by molar-refractivity contribution is 0.0945. The molecule has 5 nitrogen and oxygen atoms in total. The molecule has 1 N–H and O–H groups in total. The molecule has 0 unspecified atom stereocenters. The van der Waals surface area contributed by atoms with Crippen LogP contribution < -0.4 is 5.32 Å². The molecule has 1 amide bonds. The maximum Gasteiger partial charge on any atom is 0.271 e. The Labute approximate surface area is 102 Å². The molecule has 0 saturated heterocycles. The summed E-state index contributed by atoms with van der Waals surface area (Å²) in [4.78, 5) is 13.7. The number of aromatic nitrogens is 2. The molecule has 1 rings (SSSR count). The molecule has 1 aromatic heterocycles. The number of nitrogens with zero attached hydrogens (tertiary/aromatic N) is 3. The van der Waals surface area contributed by atoms with Gasteiger partial charge < -0.3 is 10.2 Å². The van der Waals surface area contributed by atoms with Crippen molar-refractivity contribution in [3.8, 4) is 0 Å². The molecule has 0 atom stereocenters. The fourth-order valence-corrected chi connectivity index (χ4v) is 1.26. The molecule has 0 bridgehead atoms.